The minimum atomic E-state index is -1.05. The molecule has 0 fully saturated rings. The Labute approximate surface area is 179 Å². The van der Waals surface area contributed by atoms with Crippen LogP contribution in [0.25, 0.3) is 0 Å². The third-order valence-electron chi connectivity index (χ3n) is 5.34. The van der Waals surface area contributed by atoms with Crippen LogP contribution in [0.4, 0.5) is 0 Å². The average molecular weight is 420 g/mol. The van der Waals surface area contributed by atoms with Crippen molar-refractivity contribution in [2.24, 2.45) is 5.73 Å². The van der Waals surface area contributed by atoms with Gasteiger partial charge >= 0.3 is 0 Å². The maximum atomic E-state index is 12.2. The molecular weight excluding hydrogens is 374 g/mol. The van der Waals surface area contributed by atoms with Gasteiger partial charge in [0.15, 0.2) is 5.78 Å². The van der Waals surface area contributed by atoms with Crippen LogP contribution in [0.2, 0.25) is 0 Å². The van der Waals surface area contributed by atoms with Gasteiger partial charge in [0.05, 0.1) is 5.54 Å². The Morgan fingerprint density at radius 2 is 1.21 bits per heavy atom. The van der Waals surface area contributed by atoms with E-state index in [-0.39, 0.29) is 44.2 Å². The van der Waals surface area contributed by atoms with Gasteiger partial charge in [-0.15, -0.1) is 12.4 Å². The first kappa shape index (κ1) is 29.8. The number of Topliss-reactive ketones (excluding diaryl/α,β-unsaturated/α-hetero) is 1. The Balaban J connectivity index is 0. The fourth-order valence-electron chi connectivity index (χ4n) is 3.41. The highest BCUT2D eigenvalue weighted by Gasteiger charge is 2.31. The number of hydrogen-bond donors (Lipinski definition) is 3. The van der Waals surface area contributed by atoms with Gasteiger partial charge in [-0.3, -0.25) is 4.79 Å². The summed E-state index contributed by atoms with van der Waals surface area (Å²) in [6.07, 6.45) is 21.6. The predicted molar refractivity (Wildman–Crippen MR) is 122 cm³/mol. The quantitative estimate of drug-likeness (QED) is 0.180. The molecule has 0 heterocycles. The Morgan fingerprint density at radius 1 is 0.786 bits per heavy atom. The summed E-state index contributed by atoms with van der Waals surface area (Å²) in [5.74, 6) is -0.0248. The SMILES string of the molecule is CCCCCCCCC=CCCCCCCCC(=O)C(N)(CCO)CCO.Cl. The average Bonchev–Trinajstić information content (AvgIpc) is 2.65. The number of aliphatic hydroxyl groups excluding tert-OH is 2. The first-order valence-electron chi connectivity index (χ1n) is 11.3. The standard InChI is InChI=1S/C23H45NO3.ClH/c1-2-3-4-5-6-7-8-9-10-11-12-13-14-15-16-17-22(27)23(24,18-20-25)19-21-26;/h9-10,25-26H,2-8,11-21,24H2,1H3;1H. The zero-order valence-corrected chi connectivity index (χ0v) is 19.0. The molecule has 0 aliphatic carbocycles. The van der Waals surface area contributed by atoms with Crippen molar-refractivity contribution >= 4 is 18.2 Å². The lowest BCUT2D eigenvalue weighted by molar-refractivity contribution is -0.125. The molecule has 0 amide bonds. The molecule has 168 valence electrons. The van der Waals surface area contributed by atoms with Gasteiger partial charge in [0.25, 0.3) is 0 Å². The molecule has 0 aromatic rings. The number of carbonyl (C=O) groups is 1. The number of aliphatic hydroxyl groups is 2. The molecule has 0 rings (SSSR count). The number of hydrogen-bond acceptors (Lipinski definition) is 4. The Morgan fingerprint density at radius 3 is 1.68 bits per heavy atom. The van der Waals surface area contributed by atoms with Crippen LogP contribution in [0.15, 0.2) is 12.2 Å². The molecule has 0 aliphatic rings. The highest BCUT2D eigenvalue weighted by Crippen LogP contribution is 2.18. The first-order chi connectivity index (χ1) is 13.1. The number of nitrogens with two attached hydrogens (primary N) is 1. The molecule has 28 heavy (non-hydrogen) atoms. The second-order valence-electron chi connectivity index (χ2n) is 7.86. The number of rotatable bonds is 20. The van der Waals surface area contributed by atoms with E-state index in [0.717, 1.165) is 25.7 Å². The van der Waals surface area contributed by atoms with Gasteiger partial charge in [0.2, 0.25) is 0 Å². The largest absolute Gasteiger partial charge is 0.396 e. The van der Waals surface area contributed by atoms with Crippen molar-refractivity contribution in [3.63, 3.8) is 0 Å². The minimum Gasteiger partial charge on any atom is -0.396 e. The van der Waals surface area contributed by atoms with Gasteiger partial charge in [0, 0.05) is 19.6 Å². The summed E-state index contributed by atoms with van der Waals surface area (Å²) in [5.41, 5.74) is 4.99. The fourth-order valence-corrected chi connectivity index (χ4v) is 3.41. The van der Waals surface area contributed by atoms with E-state index >= 15 is 0 Å². The van der Waals surface area contributed by atoms with Crippen LogP contribution in [0.3, 0.4) is 0 Å². The summed E-state index contributed by atoms with van der Waals surface area (Å²) < 4.78 is 0. The fraction of sp³-hybridized carbons (Fsp3) is 0.870. The third-order valence-corrected chi connectivity index (χ3v) is 5.34. The van der Waals surface area contributed by atoms with E-state index < -0.39 is 5.54 Å². The minimum absolute atomic E-state index is 0. The normalized spacial score (nSPS) is 11.7. The Bertz CT molecular complexity index is 369. The van der Waals surface area contributed by atoms with Crippen molar-refractivity contribution in [1.82, 2.24) is 0 Å². The van der Waals surface area contributed by atoms with Crippen molar-refractivity contribution < 1.29 is 15.0 Å². The number of allylic oxidation sites excluding steroid dienone is 2. The smallest absolute Gasteiger partial charge is 0.152 e. The highest BCUT2D eigenvalue weighted by atomic mass is 35.5. The monoisotopic (exact) mass is 419 g/mol. The van der Waals surface area contributed by atoms with Gasteiger partial charge in [-0.05, 0) is 44.9 Å². The number of ketones is 1. The molecule has 0 spiro atoms. The number of unbranched alkanes of at least 4 members (excludes halogenated alkanes) is 11. The molecule has 0 saturated carbocycles. The lowest BCUT2D eigenvalue weighted by atomic mass is 9.85. The Kier molecular flexibility index (Phi) is 22.6. The second kappa shape index (κ2) is 21.3. The summed E-state index contributed by atoms with van der Waals surface area (Å²) in [6, 6.07) is 0. The predicted octanol–water partition coefficient (Wildman–Crippen LogP) is 5.48. The van der Waals surface area contributed by atoms with E-state index in [1.807, 2.05) is 0 Å². The summed E-state index contributed by atoms with van der Waals surface area (Å²) in [5, 5.41) is 18.1. The van der Waals surface area contributed by atoms with Crippen molar-refractivity contribution in [2.45, 2.75) is 115 Å². The van der Waals surface area contributed by atoms with Crippen LogP contribution < -0.4 is 5.73 Å². The molecule has 4 nitrogen and oxygen atoms in total. The Hall–Kier alpha value is -0.420. The second-order valence-corrected chi connectivity index (χ2v) is 7.86. The van der Waals surface area contributed by atoms with Gasteiger partial charge in [-0.25, -0.2) is 0 Å². The molecule has 0 bridgehead atoms. The molecule has 0 aliphatic heterocycles. The molecule has 0 unspecified atom stereocenters. The van der Waals surface area contributed by atoms with E-state index in [1.165, 1.54) is 57.8 Å². The topological polar surface area (TPSA) is 83.6 Å². The highest BCUT2D eigenvalue weighted by molar-refractivity contribution is 5.88. The molecular formula is C23H46ClNO3. The van der Waals surface area contributed by atoms with Crippen LogP contribution >= 0.6 is 12.4 Å². The van der Waals surface area contributed by atoms with Crippen molar-refractivity contribution in [1.29, 1.82) is 0 Å². The molecule has 0 aromatic carbocycles. The van der Waals surface area contributed by atoms with Crippen LogP contribution in [0.1, 0.15) is 110 Å². The third kappa shape index (κ3) is 16.5. The van der Waals surface area contributed by atoms with E-state index in [1.54, 1.807) is 0 Å². The molecule has 5 heteroatoms. The van der Waals surface area contributed by atoms with Crippen molar-refractivity contribution in [3.8, 4) is 0 Å². The molecule has 0 saturated heterocycles. The first-order valence-corrected chi connectivity index (χ1v) is 11.3. The number of halogens is 1. The summed E-state index contributed by atoms with van der Waals surface area (Å²) in [4.78, 5) is 12.2. The van der Waals surface area contributed by atoms with Crippen LogP contribution in [-0.4, -0.2) is 34.7 Å². The number of carbonyl (C=O) groups excluding carboxylic acids is 1. The molecule has 0 radical (unpaired) electrons. The van der Waals surface area contributed by atoms with E-state index in [2.05, 4.69) is 19.1 Å². The lowest BCUT2D eigenvalue weighted by Gasteiger charge is -2.26. The summed E-state index contributed by atoms with van der Waals surface area (Å²) in [6.45, 7) is 2.02. The van der Waals surface area contributed by atoms with E-state index in [4.69, 9.17) is 15.9 Å². The van der Waals surface area contributed by atoms with Crippen molar-refractivity contribution in [2.75, 3.05) is 13.2 Å². The summed E-state index contributed by atoms with van der Waals surface area (Å²) >= 11 is 0. The van der Waals surface area contributed by atoms with Gasteiger partial charge < -0.3 is 15.9 Å². The van der Waals surface area contributed by atoms with Gasteiger partial charge in [0.1, 0.15) is 0 Å². The zero-order valence-electron chi connectivity index (χ0n) is 18.2. The maximum Gasteiger partial charge on any atom is 0.152 e. The molecule has 4 N–H and O–H groups in total. The lowest BCUT2D eigenvalue weighted by Crippen LogP contribution is -2.49. The van der Waals surface area contributed by atoms with Crippen molar-refractivity contribution in [3.05, 3.63) is 12.2 Å². The van der Waals surface area contributed by atoms with E-state index in [9.17, 15) is 4.79 Å². The zero-order chi connectivity index (χ0) is 20.2. The van der Waals surface area contributed by atoms with Gasteiger partial charge in [-0.2, -0.15) is 0 Å². The van der Waals surface area contributed by atoms with Crippen LogP contribution in [-0.2, 0) is 4.79 Å². The maximum absolute atomic E-state index is 12.2. The van der Waals surface area contributed by atoms with E-state index in [0.29, 0.717) is 6.42 Å². The summed E-state index contributed by atoms with van der Waals surface area (Å²) in [7, 11) is 0. The van der Waals surface area contributed by atoms with Crippen LogP contribution in [0, 0.1) is 0 Å². The van der Waals surface area contributed by atoms with Gasteiger partial charge in [-0.1, -0.05) is 70.4 Å². The molecule has 0 atom stereocenters. The van der Waals surface area contributed by atoms with Crippen LogP contribution in [0.5, 0.6) is 0 Å². The molecule has 0 aromatic heterocycles.